The minimum atomic E-state index is -0.389. The molecule has 0 aliphatic heterocycles. The van der Waals surface area contributed by atoms with Crippen LogP contribution in [0, 0.1) is 0 Å². The number of rotatable bonds is 8. The quantitative estimate of drug-likeness (QED) is 0.438. The predicted molar refractivity (Wildman–Crippen MR) is 114 cm³/mol. The molecule has 0 fully saturated rings. The Morgan fingerprint density at radius 1 is 1.07 bits per heavy atom. The summed E-state index contributed by atoms with van der Waals surface area (Å²) in [6.07, 6.45) is 0. The van der Waals surface area contributed by atoms with Gasteiger partial charge in [-0.1, -0.05) is 0 Å². The molecule has 8 heteroatoms. The lowest BCUT2D eigenvalue weighted by molar-refractivity contribution is 0.0950. The third kappa shape index (κ3) is 4.78. The van der Waals surface area contributed by atoms with Gasteiger partial charge in [0.05, 0.1) is 32.2 Å². The Bertz CT molecular complexity index is 1040. The number of aromatic amines is 1. The molecule has 0 saturated carbocycles. The van der Waals surface area contributed by atoms with Crippen molar-refractivity contribution in [2.24, 2.45) is 5.10 Å². The van der Waals surface area contributed by atoms with Crippen LogP contribution in [-0.2, 0) is 0 Å². The van der Waals surface area contributed by atoms with E-state index in [-0.39, 0.29) is 5.91 Å². The number of H-pyrrole nitrogens is 1. The molecule has 1 aromatic heterocycles. The molecule has 156 valence electrons. The van der Waals surface area contributed by atoms with Gasteiger partial charge in [-0.3, -0.25) is 9.89 Å². The smallest absolute Gasteiger partial charge is 0.289 e. The van der Waals surface area contributed by atoms with Gasteiger partial charge in [-0.25, -0.2) is 5.43 Å². The topological polar surface area (TPSA) is 97.8 Å². The summed E-state index contributed by atoms with van der Waals surface area (Å²) in [5.74, 6) is 1.61. The summed E-state index contributed by atoms with van der Waals surface area (Å²) in [5, 5.41) is 11.1. The molecule has 0 unspecified atom stereocenters. The Morgan fingerprint density at radius 3 is 2.47 bits per heavy atom. The number of nitrogens with zero attached hydrogens (tertiary/aromatic N) is 2. The van der Waals surface area contributed by atoms with Crippen molar-refractivity contribution >= 4 is 11.6 Å². The third-order valence-electron chi connectivity index (χ3n) is 4.41. The molecule has 3 rings (SSSR count). The Labute approximate surface area is 174 Å². The standard InChI is InChI=1S/C22H24N4O4/c1-5-30-17-9-6-15(7-10-17)18-13-19(25-24-18)22(27)26-23-14(2)16-8-11-20(28-3)21(12-16)29-4/h6-13H,5H2,1-4H3,(H,24,25)(H,26,27). The summed E-state index contributed by atoms with van der Waals surface area (Å²) in [6, 6.07) is 14.6. The summed E-state index contributed by atoms with van der Waals surface area (Å²) in [6.45, 7) is 4.33. The number of ether oxygens (including phenoxy) is 3. The average Bonchev–Trinajstić information content (AvgIpc) is 3.28. The highest BCUT2D eigenvalue weighted by Gasteiger charge is 2.12. The fourth-order valence-corrected chi connectivity index (χ4v) is 2.80. The number of hydrogen-bond donors (Lipinski definition) is 2. The van der Waals surface area contributed by atoms with Crippen molar-refractivity contribution in [2.45, 2.75) is 13.8 Å². The number of nitrogens with one attached hydrogen (secondary N) is 2. The second-order valence-electron chi connectivity index (χ2n) is 6.33. The van der Waals surface area contributed by atoms with E-state index in [2.05, 4.69) is 20.7 Å². The molecule has 8 nitrogen and oxygen atoms in total. The molecule has 0 radical (unpaired) electrons. The first-order chi connectivity index (χ1) is 14.5. The second kappa shape index (κ2) is 9.60. The highest BCUT2D eigenvalue weighted by atomic mass is 16.5. The molecule has 0 atom stereocenters. The first kappa shape index (κ1) is 20.9. The third-order valence-corrected chi connectivity index (χ3v) is 4.41. The van der Waals surface area contributed by atoms with Gasteiger partial charge in [0.25, 0.3) is 5.91 Å². The van der Waals surface area contributed by atoms with Gasteiger partial charge >= 0.3 is 0 Å². The monoisotopic (exact) mass is 408 g/mol. The van der Waals surface area contributed by atoms with Crippen molar-refractivity contribution in [3.63, 3.8) is 0 Å². The number of carbonyl (C=O) groups is 1. The minimum absolute atomic E-state index is 0.308. The van der Waals surface area contributed by atoms with E-state index in [9.17, 15) is 4.79 Å². The van der Waals surface area contributed by atoms with Gasteiger partial charge in [0.15, 0.2) is 11.5 Å². The normalized spacial score (nSPS) is 11.1. The molecule has 3 aromatic rings. The number of benzene rings is 2. The molecule has 1 heterocycles. The van der Waals surface area contributed by atoms with Crippen molar-refractivity contribution in [1.29, 1.82) is 0 Å². The van der Waals surface area contributed by atoms with Crippen LogP contribution in [0.5, 0.6) is 17.2 Å². The summed E-state index contributed by atoms with van der Waals surface area (Å²) in [7, 11) is 3.14. The fraction of sp³-hybridized carbons (Fsp3) is 0.227. The maximum absolute atomic E-state index is 12.4. The molecule has 0 aliphatic rings. The maximum atomic E-state index is 12.4. The van der Waals surface area contributed by atoms with E-state index in [0.29, 0.717) is 35.2 Å². The zero-order chi connectivity index (χ0) is 21.5. The largest absolute Gasteiger partial charge is 0.494 e. The zero-order valence-corrected chi connectivity index (χ0v) is 17.4. The van der Waals surface area contributed by atoms with Crippen LogP contribution in [0.3, 0.4) is 0 Å². The number of aromatic nitrogens is 2. The lowest BCUT2D eigenvalue weighted by Crippen LogP contribution is -2.19. The SMILES string of the molecule is CCOc1ccc(-c2cc(C(=O)NN=C(C)c3ccc(OC)c(OC)c3)[nH]n2)cc1. The molecule has 2 N–H and O–H groups in total. The van der Waals surface area contributed by atoms with E-state index in [1.54, 1.807) is 39.3 Å². The van der Waals surface area contributed by atoms with E-state index < -0.39 is 0 Å². The molecule has 0 aliphatic carbocycles. The Morgan fingerprint density at radius 2 is 1.80 bits per heavy atom. The van der Waals surface area contributed by atoms with Crippen LogP contribution in [0.1, 0.15) is 29.9 Å². The Kier molecular flexibility index (Phi) is 6.69. The van der Waals surface area contributed by atoms with E-state index in [4.69, 9.17) is 14.2 Å². The van der Waals surface area contributed by atoms with Gasteiger partial charge in [0, 0.05) is 11.1 Å². The van der Waals surface area contributed by atoms with Crippen molar-refractivity contribution in [2.75, 3.05) is 20.8 Å². The number of amides is 1. The van der Waals surface area contributed by atoms with Crippen molar-refractivity contribution in [1.82, 2.24) is 15.6 Å². The molecular formula is C22H24N4O4. The highest BCUT2D eigenvalue weighted by molar-refractivity contribution is 6.01. The second-order valence-corrected chi connectivity index (χ2v) is 6.33. The van der Waals surface area contributed by atoms with Crippen LogP contribution in [0.2, 0.25) is 0 Å². The van der Waals surface area contributed by atoms with Gasteiger partial charge in [-0.15, -0.1) is 0 Å². The summed E-state index contributed by atoms with van der Waals surface area (Å²) in [4.78, 5) is 12.4. The molecular weight excluding hydrogens is 384 g/mol. The van der Waals surface area contributed by atoms with E-state index >= 15 is 0 Å². The van der Waals surface area contributed by atoms with Crippen LogP contribution in [-0.4, -0.2) is 42.6 Å². The average molecular weight is 408 g/mol. The Hall–Kier alpha value is -3.81. The van der Waals surface area contributed by atoms with E-state index in [1.165, 1.54) is 0 Å². The Balaban J connectivity index is 1.69. The number of carbonyl (C=O) groups excluding carboxylic acids is 1. The van der Waals surface area contributed by atoms with Crippen molar-refractivity contribution in [3.8, 4) is 28.5 Å². The zero-order valence-electron chi connectivity index (χ0n) is 17.4. The van der Waals surface area contributed by atoms with Gasteiger partial charge < -0.3 is 14.2 Å². The van der Waals surface area contributed by atoms with Gasteiger partial charge in [0.1, 0.15) is 11.4 Å². The number of hydrogen-bond acceptors (Lipinski definition) is 6. The van der Waals surface area contributed by atoms with Crippen molar-refractivity contribution in [3.05, 3.63) is 59.8 Å². The lowest BCUT2D eigenvalue weighted by Gasteiger charge is -2.09. The maximum Gasteiger partial charge on any atom is 0.289 e. The first-order valence-electron chi connectivity index (χ1n) is 9.41. The van der Waals surface area contributed by atoms with Gasteiger partial charge in [-0.05, 0) is 62.4 Å². The van der Waals surface area contributed by atoms with Crippen LogP contribution < -0.4 is 19.6 Å². The summed E-state index contributed by atoms with van der Waals surface area (Å²) < 4.78 is 16.0. The van der Waals surface area contributed by atoms with Crippen LogP contribution in [0.25, 0.3) is 11.3 Å². The van der Waals surface area contributed by atoms with Crippen LogP contribution in [0.15, 0.2) is 53.6 Å². The number of methoxy groups -OCH3 is 2. The minimum Gasteiger partial charge on any atom is -0.494 e. The summed E-state index contributed by atoms with van der Waals surface area (Å²) in [5.41, 5.74) is 5.80. The van der Waals surface area contributed by atoms with Crippen molar-refractivity contribution < 1.29 is 19.0 Å². The highest BCUT2D eigenvalue weighted by Crippen LogP contribution is 2.27. The lowest BCUT2D eigenvalue weighted by atomic mass is 10.1. The van der Waals surface area contributed by atoms with Gasteiger partial charge in [-0.2, -0.15) is 10.2 Å². The van der Waals surface area contributed by atoms with Crippen LogP contribution >= 0.6 is 0 Å². The molecule has 0 spiro atoms. The predicted octanol–water partition coefficient (Wildman–Crippen LogP) is 3.65. The molecule has 30 heavy (non-hydrogen) atoms. The summed E-state index contributed by atoms with van der Waals surface area (Å²) >= 11 is 0. The number of hydrazone groups is 1. The molecule has 0 saturated heterocycles. The molecule has 1 amide bonds. The molecule has 0 bridgehead atoms. The van der Waals surface area contributed by atoms with Crippen LogP contribution in [0.4, 0.5) is 0 Å². The first-order valence-corrected chi connectivity index (χ1v) is 9.41. The van der Waals surface area contributed by atoms with E-state index in [0.717, 1.165) is 16.9 Å². The fourth-order valence-electron chi connectivity index (χ4n) is 2.80. The van der Waals surface area contributed by atoms with E-state index in [1.807, 2.05) is 37.3 Å². The molecule has 2 aromatic carbocycles. The van der Waals surface area contributed by atoms with Gasteiger partial charge in [0.2, 0.25) is 0 Å².